The Morgan fingerprint density at radius 2 is 1.79 bits per heavy atom. The monoisotopic (exact) mass is 396 g/mol. The van der Waals surface area contributed by atoms with Crippen molar-refractivity contribution in [2.24, 2.45) is 0 Å². The molecule has 1 aromatic heterocycles. The van der Waals surface area contributed by atoms with Crippen LogP contribution in [0.3, 0.4) is 0 Å². The van der Waals surface area contributed by atoms with Crippen LogP contribution in [0.5, 0.6) is 5.75 Å². The minimum Gasteiger partial charge on any atom is -0.495 e. The van der Waals surface area contributed by atoms with Gasteiger partial charge in [0.15, 0.2) is 0 Å². The van der Waals surface area contributed by atoms with Crippen LogP contribution >= 0.6 is 11.6 Å². The molecule has 6 nitrogen and oxygen atoms in total. The van der Waals surface area contributed by atoms with Gasteiger partial charge >= 0.3 is 0 Å². The Kier molecular flexibility index (Phi) is 5.80. The van der Waals surface area contributed by atoms with Gasteiger partial charge in [0.1, 0.15) is 17.3 Å². The maximum absolute atomic E-state index is 12.4. The first-order valence-corrected chi connectivity index (χ1v) is 9.07. The number of benzene rings is 2. The lowest BCUT2D eigenvalue weighted by atomic mass is 10.1. The number of ether oxygens (including phenoxy) is 1. The van der Waals surface area contributed by atoms with Gasteiger partial charge in [0.2, 0.25) is 0 Å². The summed E-state index contributed by atoms with van der Waals surface area (Å²) >= 11 is 6.13. The molecule has 2 aromatic carbocycles. The van der Waals surface area contributed by atoms with E-state index in [9.17, 15) is 4.79 Å². The van der Waals surface area contributed by atoms with E-state index >= 15 is 0 Å². The molecule has 0 radical (unpaired) electrons. The highest BCUT2D eigenvalue weighted by Gasteiger charge is 2.11. The summed E-state index contributed by atoms with van der Waals surface area (Å²) in [5, 5.41) is 6.58. The number of carbonyl (C=O) groups excluding carboxylic acids is 1. The van der Waals surface area contributed by atoms with E-state index in [0.29, 0.717) is 22.3 Å². The number of hydrogen-bond donors (Lipinski definition) is 2. The molecule has 3 rings (SSSR count). The van der Waals surface area contributed by atoms with E-state index < -0.39 is 0 Å². The number of aromatic nitrogens is 2. The lowest BCUT2D eigenvalue weighted by Crippen LogP contribution is -2.14. The van der Waals surface area contributed by atoms with Crippen LogP contribution in [0.1, 0.15) is 27.2 Å². The van der Waals surface area contributed by atoms with E-state index in [1.807, 2.05) is 45.0 Å². The van der Waals surface area contributed by atoms with E-state index in [0.717, 1.165) is 16.8 Å². The zero-order chi connectivity index (χ0) is 20.3. The van der Waals surface area contributed by atoms with E-state index in [-0.39, 0.29) is 11.6 Å². The van der Waals surface area contributed by atoms with Gasteiger partial charge in [0.25, 0.3) is 5.91 Å². The maximum Gasteiger partial charge on any atom is 0.275 e. The summed E-state index contributed by atoms with van der Waals surface area (Å²) in [6.07, 6.45) is 2.92. The number of carbonyl (C=O) groups is 1. The standard InChI is InChI=1S/C21H21ClN4O2/c1-12-5-6-15(7-13(12)2)25-21(27)18-10-24-20(11-23-18)26-17-8-14(3)16(22)9-19(17)28-4/h5-11H,1-4H3,(H,24,26)(H,25,27). The Balaban J connectivity index is 1.73. The molecule has 1 heterocycles. The Morgan fingerprint density at radius 3 is 2.43 bits per heavy atom. The van der Waals surface area contributed by atoms with E-state index in [4.69, 9.17) is 16.3 Å². The fourth-order valence-corrected chi connectivity index (χ4v) is 2.75. The van der Waals surface area contributed by atoms with Gasteiger partial charge in [-0.1, -0.05) is 17.7 Å². The van der Waals surface area contributed by atoms with Gasteiger partial charge in [-0.2, -0.15) is 0 Å². The molecule has 0 atom stereocenters. The summed E-state index contributed by atoms with van der Waals surface area (Å²) in [5.41, 5.74) is 4.84. The van der Waals surface area contributed by atoms with Crippen LogP contribution in [0, 0.1) is 20.8 Å². The van der Waals surface area contributed by atoms with E-state index in [1.165, 1.54) is 18.0 Å². The summed E-state index contributed by atoms with van der Waals surface area (Å²) < 4.78 is 5.34. The van der Waals surface area contributed by atoms with Gasteiger partial charge in [-0.05, 0) is 55.7 Å². The van der Waals surface area contributed by atoms with Crippen molar-refractivity contribution in [1.29, 1.82) is 0 Å². The molecular weight excluding hydrogens is 376 g/mol. The van der Waals surface area contributed by atoms with Gasteiger partial charge in [0, 0.05) is 16.8 Å². The number of hydrogen-bond acceptors (Lipinski definition) is 5. The number of aryl methyl sites for hydroxylation is 3. The molecule has 0 aliphatic heterocycles. The molecule has 0 aliphatic carbocycles. The molecule has 0 spiro atoms. The van der Waals surface area contributed by atoms with E-state index in [2.05, 4.69) is 20.6 Å². The molecule has 3 aromatic rings. The fourth-order valence-electron chi connectivity index (χ4n) is 2.59. The Labute approximate surface area is 168 Å². The normalized spacial score (nSPS) is 10.5. The van der Waals surface area contributed by atoms with Crippen molar-refractivity contribution in [3.05, 3.63) is 70.1 Å². The largest absolute Gasteiger partial charge is 0.495 e. The second kappa shape index (κ2) is 8.27. The van der Waals surface area contributed by atoms with Crippen LogP contribution < -0.4 is 15.4 Å². The average molecular weight is 397 g/mol. The predicted octanol–water partition coefficient (Wildman–Crippen LogP) is 5.06. The Bertz CT molecular complexity index is 1020. The Morgan fingerprint density at radius 1 is 1.00 bits per heavy atom. The average Bonchev–Trinajstić information content (AvgIpc) is 2.68. The zero-order valence-electron chi connectivity index (χ0n) is 16.1. The maximum atomic E-state index is 12.4. The van der Waals surface area contributed by atoms with Gasteiger partial charge in [0.05, 0.1) is 25.2 Å². The molecule has 1 amide bonds. The quantitative estimate of drug-likeness (QED) is 0.630. The second-order valence-corrected chi connectivity index (χ2v) is 6.87. The van der Waals surface area contributed by atoms with Crippen LogP contribution in [0.25, 0.3) is 0 Å². The third-order valence-electron chi connectivity index (χ3n) is 4.39. The van der Waals surface area contributed by atoms with Gasteiger partial charge in [-0.15, -0.1) is 0 Å². The smallest absolute Gasteiger partial charge is 0.275 e. The van der Waals surface area contributed by atoms with Crippen molar-refractivity contribution in [2.75, 3.05) is 17.7 Å². The molecule has 0 fully saturated rings. The molecule has 0 bridgehead atoms. The van der Waals surface area contributed by atoms with Crippen molar-refractivity contribution in [1.82, 2.24) is 9.97 Å². The number of methoxy groups -OCH3 is 1. The number of nitrogens with zero attached hydrogens (tertiary/aromatic N) is 2. The highest BCUT2D eigenvalue weighted by Crippen LogP contribution is 2.32. The molecule has 0 saturated carbocycles. The first kappa shape index (κ1) is 19.6. The van der Waals surface area contributed by atoms with E-state index in [1.54, 1.807) is 13.2 Å². The number of nitrogens with one attached hydrogen (secondary N) is 2. The van der Waals surface area contributed by atoms with Crippen LogP contribution in [-0.2, 0) is 0 Å². The number of anilines is 3. The molecule has 0 unspecified atom stereocenters. The third-order valence-corrected chi connectivity index (χ3v) is 4.80. The summed E-state index contributed by atoms with van der Waals surface area (Å²) in [6.45, 7) is 5.92. The van der Waals surface area contributed by atoms with Crippen LogP contribution in [0.4, 0.5) is 17.2 Å². The van der Waals surface area contributed by atoms with Crippen molar-refractivity contribution in [2.45, 2.75) is 20.8 Å². The molecule has 7 heteroatoms. The predicted molar refractivity (Wildman–Crippen MR) is 112 cm³/mol. The highest BCUT2D eigenvalue weighted by molar-refractivity contribution is 6.31. The van der Waals surface area contributed by atoms with Crippen molar-refractivity contribution in [3.63, 3.8) is 0 Å². The summed E-state index contributed by atoms with van der Waals surface area (Å²) in [6, 6.07) is 9.34. The van der Waals surface area contributed by atoms with Gasteiger partial charge in [-0.3, -0.25) is 4.79 Å². The van der Waals surface area contributed by atoms with Crippen LogP contribution in [0.15, 0.2) is 42.7 Å². The number of rotatable bonds is 5. The summed E-state index contributed by atoms with van der Waals surface area (Å²) in [7, 11) is 1.57. The molecule has 144 valence electrons. The highest BCUT2D eigenvalue weighted by atomic mass is 35.5. The topological polar surface area (TPSA) is 76.1 Å². The third kappa shape index (κ3) is 4.40. The van der Waals surface area contributed by atoms with Crippen LogP contribution in [-0.4, -0.2) is 23.0 Å². The first-order chi connectivity index (χ1) is 13.4. The first-order valence-electron chi connectivity index (χ1n) is 8.69. The second-order valence-electron chi connectivity index (χ2n) is 6.47. The summed E-state index contributed by atoms with van der Waals surface area (Å²) in [4.78, 5) is 20.9. The molecule has 0 saturated heterocycles. The molecule has 28 heavy (non-hydrogen) atoms. The number of halogens is 1. The number of amides is 1. The lowest BCUT2D eigenvalue weighted by Gasteiger charge is -2.12. The fraction of sp³-hybridized carbons (Fsp3) is 0.190. The lowest BCUT2D eigenvalue weighted by molar-refractivity contribution is 0.102. The minimum absolute atomic E-state index is 0.225. The van der Waals surface area contributed by atoms with Crippen molar-refractivity contribution < 1.29 is 9.53 Å². The summed E-state index contributed by atoms with van der Waals surface area (Å²) in [5.74, 6) is 0.763. The van der Waals surface area contributed by atoms with Crippen molar-refractivity contribution in [3.8, 4) is 5.75 Å². The van der Waals surface area contributed by atoms with Crippen LogP contribution in [0.2, 0.25) is 5.02 Å². The Hall–Kier alpha value is -3.12. The molecular formula is C21H21ClN4O2. The SMILES string of the molecule is COc1cc(Cl)c(C)cc1Nc1cnc(C(=O)Nc2ccc(C)c(C)c2)cn1. The van der Waals surface area contributed by atoms with Crippen molar-refractivity contribution >= 4 is 34.7 Å². The molecule has 2 N–H and O–H groups in total. The van der Waals surface area contributed by atoms with Gasteiger partial charge in [-0.25, -0.2) is 9.97 Å². The molecule has 0 aliphatic rings. The zero-order valence-corrected chi connectivity index (χ0v) is 16.9. The van der Waals surface area contributed by atoms with Gasteiger partial charge < -0.3 is 15.4 Å². The minimum atomic E-state index is -0.317.